The van der Waals surface area contributed by atoms with Crippen LogP contribution in [0.3, 0.4) is 0 Å². The molecule has 2 fully saturated rings. The predicted molar refractivity (Wildman–Crippen MR) is 136 cm³/mol. The van der Waals surface area contributed by atoms with Crippen molar-refractivity contribution in [1.29, 1.82) is 0 Å². The van der Waals surface area contributed by atoms with Crippen molar-refractivity contribution < 1.29 is 33.7 Å². The number of hydrogen-bond donors (Lipinski definition) is 1. The Morgan fingerprint density at radius 3 is 2.58 bits per heavy atom. The Labute approximate surface area is 216 Å². The van der Waals surface area contributed by atoms with Crippen LogP contribution in [0.5, 0.6) is 0 Å². The Morgan fingerprint density at radius 2 is 1.92 bits per heavy atom. The lowest BCUT2D eigenvalue weighted by Gasteiger charge is -2.50. The van der Waals surface area contributed by atoms with Gasteiger partial charge in [0.15, 0.2) is 0 Å². The fourth-order valence-corrected chi connectivity index (χ4v) is 6.59. The van der Waals surface area contributed by atoms with E-state index < -0.39 is 6.10 Å². The number of aliphatic hydroxyl groups is 1. The van der Waals surface area contributed by atoms with Gasteiger partial charge in [-0.3, -0.25) is 14.4 Å². The van der Waals surface area contributed by atoms with Gasteiger partial charge in [0.1, 0.15) is 12.2 Å². The number of carbonyl (C=O) groups excluding carboxylic acids is 3. The largest absolute Gasteiger partial charge is 0.466 e. The van der Waals surface area contributed by atoms with E-state index in [0.717, 1.165) is 25.7 Å². The third-order valence-electron chi connectivity index (χ3n) is 8.57. The van der Waals surface area contributed by atoms with Gasteiger partial charge in [0.25, 0.3) is 0 Å². The maximum Gasteiger partial charge on any atom is 0.308 e. The Balaban J connectivity index is 1.83. The van der Waals surface area contributed by atoms with Crippen molar-refractivity contribution >= 4 is 17.9 Å². The van der Waals surface area contributed by atoms with Crippen LogP contribution in [0.4, 0.5) is 0 Å². The lowest BCUT2D eigenvalue weighted by molar-refractivity contribution is -0.166. The lowest BCUT2D eigenvalue weighted by atomic mass is 9.57. The number of hydrogen-bond acceptors (Lipinski definition) is 7. The molecule has 2 aliphatic carbocycles. The Kier molecular flexibility index (Phi) is 10.4. The van der Waals surface area contributed by atoms with Gasteiger partial charge in [0.05, 0.1) is 25.0 Å². The fourth-order valence-electron chi connectivity index (χ4n) is 6.59. The van der Waals surface area contributed by atoms with Gasteiger partial charge in [-0.2, -0.15) is 0 Å². The van der Waals surface area contributed by atoms with Gasteiger partial charge >= 0.3 is 17.9 Å². The minimum Gasteiger partial charge on any atom is -0.466 e. The zero-order valence-corrected chi connectivity index (χ0v) is 22.7. The van der Waals surface area contributed by atoms with Crippen LogP contribution in [0.1, 0.15) is 92.4 Å². The standard InChI is InChI=1S/C29H46O7/c1-6-18(4)29(33)36-25-13-17(3)12-24-20(8-11-26(31)34-7-2)14-19(5)23(28(24)25)10-9-22-15-21(30)16-27(32)35-22/h14,17-19,21-25,28,30H,6-13,15-16H2,1-5H3/t17-,18?,19+,21+,22+,23-,24+,25-,28+/m0/s1. The van der Waals surface area contributed by atoms with Crippen LogP contribution < -0.4 is 0 Å². The summed E-state index contributed by atoms with van der Waals surface area (Å²) in [6, 6.07) is 0. The number of ether oxygens (including phenoxy) is 3. The van der Waals surface area contributed by atoms with Crippen LogP contribution in [0.25, 0.3) is 0 Å². The van der Waals surface area contributed by atoms with E-state index in [9.17, 15) is 19.5 Å². The molecule has 0 aromatic carbocycles. The van der Waals surface area contributed by atoms with E-state index in [0.29, 0.717) is 38.2 Å². The van der Waals surface area contributed by atoms with E-state index in [1.165, 1.54) is 5.57 Å². The first kappa shape index (κ1) is 28.7. The average molecular weight is 507 g/mol. The predicted octanol–water partition coefficient (Wildman–Crippen LogP) is 4.99. The van der Waals surface area contributed by atoms with Gasteiger partial charge in [0, 0.05) is 18.8 Å². The molecule has 1 heterocycles. The smallest absolute Gasteiger partial charge is 0.308 e. The highest BCUT2D eigenvalue weighted by molar-refractivity contribution is 5.72. The quantitative estimate of drug-likeness (QED) is 0.253. The summed E-state index contributed by atoms with van der Waals surface area (Å²) in [5, 5.41) is 10.0. The van der Waals surface area contributed by atoms with Crippen molar-refractivity contribution in [1.82, 2.24) is 0 Å². The van der Waals surface area contributed by atoms with Gasteiger partial charge in [-0.1, -0.05) is 39.3 Å². The van der Waals surface area contributed by atoms with Crippen molar-refractivity contribution in [2.24, 2.45) is 35.5 Å². The Morgan fingerprint density at radius 1 is 1.17 bits per heavy atom. The number of aliphatic hydroxyl groups excluding tert-OH is 1. The summed E-state index contributed by atoms with van der Waals surface area (Å²) in [4.78, 5) is 36.9. The van der Waals surface area contributed by atoms with Crippen LogP contribution in [-0.4, -0.2) is 47.9 Å². The number of cyclic esters (lactones) is 1. The minimum absolute atomic E-state index is 0.0686. The van der Waals surface area contributed by atoms with Crippen molar-refractivity contribution in [3.05, 3.63) is 11.6 Å². The molecule has 1 N–H and O–H groups in total. The van der Waals surface area contributed by atoms with Crippen LogP contribution in [0.15, 0.2) is 11.6 Å². The summed E-state index contributed by atoms with van der Waals surface area (Å²) in [5.41, 5.74) is 1.28. The summed E-state index contributed by atoms with van der Waals surface area (Å²) in [6.45, 7) is 10.5. The van der Waals surface area contributed by atoms with Crippen molar-refractivity contribution in [3.8, 4) is 0 Å². The zero-order chi connectivity index (χ0) is 26.4. The van der Waals surface area contributed by atoms with E-state index in [2.05, 4.69) is 19.9 Å². The molecule has 204 valence electrons. The highest BCUT2D eigenvalue weighted by Gasteiger charge is 2.48. The van der Waals surface area contributed by atoms with Crippen LogP contribution in [-0.2, 0) is 28.6 Å². The Bertz CT molecular complexity index is 805. The first-order valence-electron chi connectivity index (χ1n) is 14.1. The molecule has 0 radical (unpaired) electrons. The lowest BCUT2D eigenvalue weighted by Crippen LogP contribution is -2.48. The normalized spacial score (nSPS) is 35.2. The Hall–Kier alpha value is -1.89. The van der Waals surface area contributed by atoms with Crippen LogP contribution in [0.2, 0.25) is 0 Å². The highest BCUT2D eigenvalue weighted by Crippen LogP contribution is 2.51. The molecule has 1 aliphatic heterocycles. The fraction of sp³-hybridized carbons (Fsp3) is 0.828. The third-order valence-corrected chi connectivity index (χ3v) is 8.57. The summed E-state index contributed by atoms with van der Waals surface area (Å²) in [6.07, 6.45) is 6.95. The molecule has 1 unspecified atom stereocenters. The van der Waals surface area contributed by atoms with Crippen molar-refractivity contribution in [2.45, 2.75) is 111 Å². The summed E-state index contributed by atoms with van der Waals surface area (Å²) in [7, 11) is 0. The van der Waals surface area contributed by atoms with Crippen LogP contribution in [0, 0.1) is 35.5 Å². The maximum atomic E-state index is 12.9. The molecule has 3 aliphatic rings. The number of allylic oxidation sites excluding steroid dienone is 2. The topological polar surface area (TPSA) is 99.1 Å². The maximum absolute atomic E-state index is 12.9. The van der Waals surface area contributed by atoms with E-state index >= 15 is 0 Å². The van der Waals surface area contributed by atoms with Gasteiger partial charge in [-0.15, -0.1) is 0 Å². The second kappa shape index (κ2) is 13.1. The molecule has 1 saturated carbocycles. The molecule has 0 spiro atoms. The molecular formula is C29H46O7. The molecule has 36 heavy (non-hydrogen) atoms. The third kappa shape index (κ3) is 7.33. The summed E-state index contributed by atoms with van der Waals surface area (Å²) < 4.78 is 16.9. The molecular weight excluding hydrogens is 460 g/mol. The highest BCUT2D eigenvalue weighted by atomic mass is 16.6. The SMILES string of the molecule is CCOC(=O)CCC1=C[C@@H](C)[C@H](CC[C@@H]2C[C@@H](O)CC(=O)O2)[C@H]2[C@@H](OC(=O)C(C)CC)C[C@@H](C)C[C@H]12. The first-order valence-corrected chi connectivity index (χ1v) is 14.1. The molecule has 3 rings (SSSR count). The monoisotopic (exact) mass is 506 g/mol. The summed E-state index contributed by atoms with van der Waals surface area (Å²) >= 11 is 0. The molecule has 1 saturated heterocycles. The molecule has 7 heteroatoms. The zero-order valence-electron chi connectivity index (χ0n) is 22.7. The van der Waals surface area contributed by atoms with E-state index in [-0.39, 0.29) is 66.1 Å². The van der Waals surface area contributed by atoms with E-state index in [1.54, 1.807) is 0 Å². The van der Waals surface area contributed by atoms with Crippen LogP contribution >= 0.6 is 0 Å². The summed E-state index contributed by atoms with van der Waals surface area (Å²) in [5.74, 6) is 0.556. The van der Waals surface area contributed by atoms with Gasteiger partial charge < -0.3 is 19.3 Å². The molecule has 7 nitrogen and oxygen atoms in total. The molecule has 0 amide bonds. The average Bonchev–Trinajstić information content (AvgIpc) is 2.81. The number of fused-ring (bicyclic) bond motifs is 1. The second-order valence-electron chi connectivity index (χ2n) is 11.4. The van der Waals surface area contributed by atoms with Crippen molar-refractivity contribution in [3.63, 3.8) is 0 Å². The van der Waals surface area contributed by atoms with Gasteiger partial charge in [-0.25, -0.2) is 0 Å². The van der Waals surface area contributed by atoms with Gasteiger partial charge in [-0.05, 0) is 69.1 Å². The van der Waals surface area contributed by atoms with E-state index in [1.807, 2.05) is 20.8 Å². The molecule has 0 bridgehead atoms. The van der Waals surface area contributed by atoms with E-state index in [4.69, 9.17) is 14.2 Å². The second-order valence-corrected chi connectivity index (χ2v) is 11.4. The first-order chi connectivity index (χ1) is 17.1. The van der Waals surface area contributed by atoms with Crippen molar-refractivity contribution in [2.75, 3.05) is 6.61 Å². The number of carbonyl (C=O) groups is 3. The number of rotatable bonds is 10. The molecule has 0 aromatic heterocycles. The molecule has 0 aromatic rings. The van der Waals surface area contributed by atoms with Gasteiger partial charge in [0.2, 0.25) is 0 Å². The number of esters is 3. The molecule has 9 atom stereocenters. The minimum atomic E-state index is -0.637.